The Morgan fingerprint density at radius 3 is 1.14 bits per heavy atom. The molecule has 0 rings (SSSR count). The highest BCUT2D eigenvalue weighted by molar-refractivity contribution is 5.70. The zero-order valence-corrected chi connectivity index (χ0v) is 25.7. The highest BCUT2D eigenvalue weighted by Gasteiger charge is 2.18. The van der Waals surface area contributed by atoms with Gasteiger partial charge in [0, 0.05) is 0 Å². The summed E-state index contributed by atoms with van der Waals surface area (Å²) in [6.07, 6.45) is 33.0. The summed E-state index contributed by atoms with van der Waals surface area (Å²) in [6, 6.07) is 0. The van der Waals surface area contributed by atoms with Gasteiger partial charge >= 0.3 is 5.97 Å². The second kappa shape index (κ2) is 26.1. The number of hydrogen-bond acceptors (Lipinski definition) is 2. The minimum absolute atomic E-state index is 0.0368. The molecule has 0 radical (unpaired) electrons. The average molecular weight is 511 g/mol. The summed E-state index contributed by atoms with van der Waals surface area (Å²) >= 11 is 0. The van der Waals surface area contributed by atoms with E-state index in [1.807, 2.05) is 0 Å². The van der Waals surface area contributed by atoms with E-state index in [1.165, 1.54) is 154 Å². The maximum absolute atomic E-state index is 12.2. The van der Waals surface area contributed by atoms with Gasteiger partial charge in [-0.15, -0.1) is 0 Å². The molecule has 0 saturated heterocycles. The molecule has 36 heavy (non-hydrogen) atoms. The third-order valence-corrected chi connectivity index (χ3v) is 7.52. The first-order chi connectivity index (χ1) is 17.4. The molecular formula is C33H68NO2+. The number of quaternary nitrogens is 1. The number of carbonyl (C=O) groups is 1. The maximum Gasteiger partial charge on any atom is 0.361 e. The molecule has 0 bridgehead atoms. The highest BCUT2D eigenvalue weighted by Crippen LogP contribution is 2.20. The summed E-state index contributed by atoms with van der Waals surface area (Å²) < 4.78 is 6.37. The molecule has 0 heterocycles. The van der Waals surface area contributed by atoms with Crippen molar-refractivity contribution in [2.75, 3.05) is 34.3 Å². The molecule has 0 aliphatic heterocycles. The number of unbranched alkanes of at least 4 members (excludes halogenated alkanes) is 20. The first kappa shape index (κ1) is 35.4. The van der Waals surface area contributed by atoms with Crippen molar-refractivity contribution in [3.05, 3.63) is 0 Å². The summed E-state index contributed by atoms with van der Waals surface area (Å²) in [6.45, 7) is 5.67. The van der Waals surface area contributed by atoms with E-state index < -0.39 is 0 Å². The van der Waals surface area contributed by atoms with Crippen LogP contribution in [0.1, 0.15) is 168 Å². The van der Waals surface area contributed by atoms with E-state index in [0.717, 1.165) is 0 Å². The lowest BCUT2D eigenvalue weighted by Gasteiger charge is -2.23. The predicted molar refractivity (Wildman–Crippen MR) is 160 cm³/mol. The Morgan fingerprint density at radius 1 is 0.528 bits per heavy atom. The van der Waals surface area contributed by atoms with Crippen LogP contribution in [-0.2, 0) is 9.53 Å². The monoisotopic (exact) mass is 511 g/mol. The molecule has 216 valence electrons. The van der Waals surface area contributed by atoms with Gasteiger partial charge in [0.15, 0.2) is 6.54 Å². The molecule has 0 aromatic rings. The molecule has 0 aliphatic rings. The van der Waals surface area contributed by atoms with Crippen LogP contribution < -0.4 is 0 Å². The molecule has 0 N–H and O–H groups in total. The van der Waals surface area contributed by atoms with Gasteiger partial charge in [0.2, 0.25) is 0 Å². The SMILES string of the molecule is CCCCCCCCCCCCCCC(CCCCCCCCCCCC)COC(=O)C[N+](C)(C)C. The number of hydrogen-bond donors (Lipinski definition) is 0. The van der Waals surface area contributed by atoms with Crippen LogP contribution in [0.3, 0.4) is 0 Å². The van der Waals surface area contributed by atoms with Crippen LogP contribution in [-0.4, -0.2) is 44.7 Å². The molecule has 0 saturated carbocycles. The van der Waals surface area contributed by atoms with Crippen molar-refractivity contribution < 1.29 is 14.0 Å². The van der Waals surface area contributed by atoms with Crippen molar-refractivity contribution in [2.24, 2.45) is 5.92 Å². The van der Waals surface area contributed by atoms with Crippen molar-refractivity contribution in [3.8, 4) is 0 Å². The molecule has 1 atom stereocenters. The first-order valence-corrected chi connectivity index (χ1v) is 16.3. The summed E-state index contributed by atoms with van der Waals surface area (Å²) in [4.78, 5) is 12.2. The molecule has 1 unspecified atom stereocenters. The molecule has 0 aromatic heterocycles. The lowest BCUT2D eigenvalue weighted by molar-refractivity contribution is -0.862. The standard InChI is InChI=1S/C33H68NO2/c1-6-8-10-12-14-16-18-19-21-23-25-27-29-32(31-36-33(35)30-34(3,4)5)28-26-24-22-20-17-15-13-11-9-7-2/h32H,6-31H2,1-5H3/q+1. The van der Waals surface area contributed by atoms with Crippen LogP contribution in [0.2, 0.25) is 0 Å². The average Bonchev–Trinajstić information content (AvgIpc) is 2.82. The Balaban J connectivity index is 3.97. The van der Waals surface area contributed by atoms with E-state index in [9.17, 15) is 4.79 Å². The van der Waals surface area contributed by atoms with Crippen molar-refractivity contribution in [3.63, 3.8) is 0 Å². The fraction of sp³-hybridized carbons (Fsp3) is 0.970. The normalized spacial score (nSPS) is 12.7. The number of rotatable bonds is 28. The van der Waals surface area contributed by atoms with Crippen LogP contribution in [0.25, 0.3) is 0 Å². The van der Waals surface area contributed by atoms with Crippen LogP contribution >= 0.6 is 0 Å². The quantitative estimate of drug-likeness (QED) is 0.0594. The lowest BCUT2D eigenvalue weighted by Crippen LogP contribution is -2.40. The summed E-state index contributed by atoms with van der Waals surface area (Å²) in [7, 11) is 6.15. The van der Waals surface area contributed by atoms with Gasteiger partial charge in [0.1, 0.15) is 0 Å². The van der Waals surface area contributed by atoms with Crippen LogP contribution in [0.5, 0.6) is 0 Å². The van der Waals surface area contributed by atoms with Crippen molar-refractivity contribution in [2.45, 2.75) is 168 Å². The van der Waals surface area contributed by atoms with Gasteiger partial charge in [-0.3, -0.25) is 0 Å². The Hall–Kier alpha value is -0.570. The third-order valence-electron chi connectivity index (χ3n) is 7.52. The number of nitrogens with zero attached hydrogens (tertiary/aromatic N) is 1. The van der Waals surface area contributed by atoms with Gasteiger partial charge in [-0.25, -0.2) is 4.79 Å². The fourth-order valence-corrected chi connectivity index (χ4v) is 5.15. The summed E-state index contributed by atoms with van der Waals surface area (Å²) in [5.41, 5.74) is 0. The number of likely N-dealkylation sites (N-methyl/N-ethyl adjacent to an activating group) is 1. The van der Waals surface area contributed by atoms with E-state index in [1.54, 1.807) is 0 Å². The molecule has 3 heteroatoms. The number of carbonyl (C=O) groups excluding carboxylic acids is 1. The third kappa shape index (κ3) is 28.0. The molecular weight excluding hydrogens is 442 g/mol. The molecule has 0 aromatic carbocycles. The molecule has 0 amide bonds. The molecule has 0 aliphatic carbocycles. The Kier molecular flexibility index (Phi) is 25.6. The van der Waals surface area contributed by atoms with Crippen molar-refractivity contribution >= 4 is 5.97 Å². The van der Waals surface area contributed by atoms with Gasteiger partial charge in [0.05, 0.1) is 27.7 Å². The van der Waals surface area contributed by atoms with Crippen molar-refractivity contribution in [1.82, 2.24) is 0 Å². The Labute approximate surface area is 228 Å². The zero-order chi connectivity index (χ0) is 26.7. The zero-order valence-electron chi connectivity index (χ0n) is 25.7. The second-order valence-corrected chi connectivity index (χ2v) is 12.6. The summed E-state index contributed by atoms with van der Waals surface area (Å²) in [5.74, 6) is 0.517. The maximum atomic E-state index is 12.2. The topological polar surface area (TPSA) is 26.3 Å². The fourth-order valence-electron chi connectivity index (χ4n) is 5.15. The lowest BCUT2D eigenvalue weighted by atomic mass is 9.94. The second-order valence-electron chi connectivity index (χ2n) is 12.6. The molecule has 3 nitrogen and oxygen atoms in total. The Bertz CT molecular complexity index is 457. The highest BCUT2D eigenvalue weighted by atomic mass is 16.5. The van der Waals surface area contributed by atoms with Gasteiger partial charge < -0.3 is 9.22 Å². The van der Waals surface area contributed by atoms with Gasteiger partial charge in [-0.2, -0.15) is 0 Å². The largest absolute Gasteiger partial charge is 0.461 e. The minimum atomic E-state index is -0.0368. The van der Waals surface area contributed by atoms with Crippen LogP contribution in [0.15, 0.2) is 0 Å². The number of ether oxygens (including phenoxy) is 1. The summed E-state index contributed by atoms with van der Waals surface area (Å²) in [5, 5.41) is 0. The van der Waals surface area contributed by atoms with E-state index in [0.29, 0.717) is 23.6 Å². The van der Waals surface area contributed by atoms with Crippen LogP contribution in [0.4, 0.5) is 0 Å². The van der Waals surface area contributed by atoms with E-state index >= 15 is 0 Å². The smallest absolute Gasteiger partial charge is 0.361 e. The number of esters is 1. The van der Waals surface area contributed by atoms with E-state index in [4.69, 9.17) is 4.74 Å². The molecule has 0 fully saturated rings. The van der Waals surface area contributed by atoms with Crippen LogP contribution in [0, 0.1) is 5.92 Å². The first-order valence-electron chi connectivity index (χ1n) is 16.3. The van der Waals surface area contributed by atoms with Gasteiger partial charge in [-0.1, -0.05) is 155 Å². The predicted octanol–water partition coefficient (Wildman–Crippen LogP) is 10.3. The minimum Gasteiger partial charge on any atom is -0.461 e. The van der Waals surface area contributed by atoms with Crippen molar-refractivity contribution in [1.29, 1.82) is 0 Å². The van der Waals surface area contributed by atoms with Gasteiger partial charge in [0.25, 0.3) is 0 Å². The van der Waals surface area contributed by atoms with E-state index in [-0.39, 0.29) is 5.97 Å². The molecule has 0 spiro atoms. The Morgan fingerprint density at radius 2 is 0.833 bits per heavy atom. The van der Waals surface area contributed by atoms with E-state index in [2.05, 4.69) is 35.0 Å². The van der Waals surface area contributed by atoms with Gasteiger partial charge in [-0.05, 0) is 18.8 Å².